The van der Waals surface area contributed by atoms with E-state index in [1.807, 2.05) is 36.4 Å². The fourth-order valence-corrected chi connectivity index (χ4v) is 4.47. The van der Waals surface area contributed by atoms with Crippen molar-refractivity contribution in [2.75, 3.05) is 6.61 Å². The summed E-state index contributed by atoms with van der Waals surface area (Å²) >= 11 is 1.51. The van der Waals surface area contributed by atoms with Gasteiger partial charge >= 0.3 is 5.97 Å². The minimum atomic E-state index is -0.397. The van der Waals surface area contributed by atoms with E-state index in [2.05, 4.69) is 12.2 Å². The Hall–Kier alpha value is -2.14. The molecule has 0 bridgehead atoms. The molecule has 1 aliphatic rings. The number of hydrogen-bond acceptors (Lipinski definition) is 4. The van der Waals surface area contributed by atoms with Crippen LogP contribution in [0.4, 0.5) is 0 Å². The van der Waals surface area contributed by atoms with Crippen LogP contribution in [0, 0.1) is 0 Å². The topological polar surface area (TPSA) is 55.4 Å². The number of amides is 1. The van der Waals surface area contributed by atoms with Gasteiger partial charge in [-0.25, -0.2) is 4.79 Å². The first-order chi connectivity index (χ1) is 12.7. The number of esters is 1. The minimum Gasteiger partial charge on any atom is -0.451 e. The maximum atomic E-state index is 12.3. The highest BCUT2D eigenvalue weighted by molar-refractivity contribution is 7.14. The van der Waals surface area contributed by atoms with Gasteiger partial charge in [-0.15, -0.1) is 11.3 Å². The lowest BCUT2D eigenvalue weighted by molar-refractivity contribution is -0.125. The standard InChI is InChI=1S/C21H25NO3S/c1-2-8-17(15-9-4-3-5-10-15)22-20(23)14-25-21(24)19-13-16-11-6-7-12-18(16)26-19/h3-5,9-10,13,17H,2,6-8,11-12,14H2,1H3,(H,22,23)/t17-/m0/s1. The van der Waals surface area contributed by atoms with Crippen LogP contribution in [-0.2, 0) is 22.4 Å². The van der Waals surface area contributed by atoms with E-state index >= 15 is 0 Å². The zero-order chi connectivity index (χ0) is 18.4. The van der Waals surface area contributed by atoms with Crippen LogP contribution in [0.1, 0.15) is 64.3 Å². The van der Waals surface area contributed by atoms with Crippen molar-refractivity contribution >= 4 is 23.2 Å². The molecule has 1 N–H and O–H groups in total. The van der Waals surface area contributed by atoms with E-state index in [9.17, 15) is 9.59 Å². The Labute approximate surface area is 158 Å². The van der Waals surface area contributed by atoms with Gasteiger partial charge in [-0.1, -0.05) is 43.7 Å². The maximum Gasteiger partial charge on any atom is 0.348 e. The first kappa shape index (κ1) is 18.6. The molecular weight excluding hydrogens is 346 g/mol. The molecule has 3 rings (SSSR count). The molecule has 0 radical (unpaired) electrons. The van der Waals surface area contributed by atoms with Gasteiger partial charge in [0, 0.05) is 4.88 Å². The summed E-state index contributed by atoms with van der Waals surface area (Å²) in [4.78, 5) is 26.4. The van der Waals surface area contributed by atoms with Gasteiger partial charge in [0.25, 0.3) is 5.91 Å². The summed E-state index contributed by atoms with van der Waals surface area (Å²) in [5, 5.41) is 2.98. The van der Waals surface area contributed by atoms with Gasteiger partial charge in [-0.3, -0.25) is 4.79 Å². The fraction of sp³-hybridized carbons (Fsp3) is 0.429. The highest BCUT2D eigenvalue weighted by atomic mass is 32.1. The summed E-state index contributed by atoms with van der Waals surface area (Å²) in [6.07, 6.45) is 6.25. The normalized spacial score (nSPS) is 14.3. The van der Waals surface area contributed by atoms with E-state index in [1.54, 1.807) is 0 Å². The fourth-order valence-electron chi connectivity index (χ4n) is 3.33. The SMILES string of the molecule is CCC[C@H](NC(=O)COC(=O)c1cc2c(s1)CCCC2)c1ccccc1. The van der Waals surface area contributed by atoms with Crippen LogP contribution in [0.2, 0.25) is 0 Å². The molecule has 1 aromatic carbocycles. The van der Waals surface area contributed by atoms with Gasteiger partial charge in [0.2, 0.25) is 0 Å². The molecule has 0 saturated carbocycles. The van der Waals surface area contributed by atoms with Crippen molar-refractivity contribution in [3.8, 4) is 0 Å². The molecule has 0 spiro atoms. The Morgan fingerprint density at radius 3 is 2.69 bits per heavy atom. The van der Waals surface area contributed by atoms with Crippen LogP contribution in [-0.4, -0.2) is 18.5 Å². The molecule has 0 fully saturated rings. The first-order valence-corrected chi connectivity index (χ1v) is 10.1. The van der Waals surface area contributed by atoms with Crippen LogP contribution < -0.4 is 5.32 Å². The molecule has 26 heavy (non-hydrogen) atoms. The van der Waals surface area contributed by atoms with Crippen molar-refractivity contribution in [1.82, 2.24) is 5.32 Å². The molecule has 1 aliphatic carbocycles. The Bertz CT molecular complexity index is 730. The number of benzene rings is 1. The summed E-state index contributed by atoms with van der Waals surface area (Å²) in [7, 11) is 0. The highest BCUT2D eigenvalue weighted by Gasteiger charge is 2.20. The van der Waals surface area contributed by atoms with Crippen LogP contribution in [0.15, 0.2) is 36.4 Å². The molecule has 5 heteroatoms. The summed E-state index contributed by atoms with van der Waals surface area (Å²) in [5.74, 6) is -0.659. The molecule has 1 atom stereocenters. The van der Waals surface area contributed by atoms with E-state index in [0.29, 0.717) is 4.88 Å². The number of ether oxygens (including phenoxy) is 1. The smallest absolute Gasteiger partial charge is 0.348 e. The predicted molar refractivity (Wildman–Crippen MR) is 103 cm³/mol. The van der Waals surface area contributed by atoms with Crippen molar-refractivity contribution in [3.63, 3.8) is 0 Å². The van der Waals surface area contributed by atoms with Crippen molar-refractivity contribution in [3.05, 3.63) is 57.3 Å². The lowest BCUT2D eigenvalue weighted by Crippen LogP contribution is -2.32. The van der Waals surface area contributed by atoms with Crippen molar-refractivity contribution in [2.24, 2.45) is 0 Å². The third-order valence-corrected chi connectivity index (χ3v) is 5.86. The van der Waals surface area contributed by atoms with Crippen LogP contribution >= 0.6 is 11.3 Å². The summed E-state index contributed by atoms with van der Waals surface area (Å²) < 4.78 is 5.24. The number of thiophene rings is 1. The van der Waals surface area contributed by atoms with Gasteiger partial charge in [0.05, 0.1) is 6.04 Å². The molecule has 138 valence electrons. The molecular formula is C21H25NO3S. The lowest BCUT2D eigenvalue weighted by Gasteiger charge is -2.18. The molecule has 0 aliphatic heterocycles. The molecule has 1 heterocycles. The number of fused-ring (bicyclic) bond motifs is 1. The zero-order valence-corrected chi connectivity index (χ0v) is 15.9. The number of rotatable bonds is 7. The van der Waals surface area contributed by atoms with Crippen molar-refractivity contribution < 1.29 is 14.3 Å². The summed E-state index contributed by atoms with van der Waals surface area (Å²) in [5.41, 5.74) is 2.34. The van der Waals surface area contributed by atoms with Gasteiger partial charge in [-0.2, -0.15) is 0 Å². The second kappa shape index (κ2) is 8.99. The highest BCUT2D eigenvalue weighted by Crippen LogP contribution is 2.30. The second-order valence-corrected chi connectivity index (χ2v) is 7.80. The number of carbonyl (C=O) groups is 2. The largest absolute Gasteiger partial charge is 0.451 e. The van der Waals surface area contributed by atoms with Gasteiger partial charge < -0.3 is 10.1 Å². The van der Waals surface area contributed by atoms with E-state index < -0.39 is 5.97 Å². The molecule has 0 unspecified atom stereocenters. The number of carbonyl (C=O) groups excluding carboxylic acids is 2. The Balaban J connectivity index is 1.54. The summed E-state index contributed by atoms with van der Waals surface area (Å²) in [6, 6.07) is 11.8. The van der Waals surface area contributed by atoms with E-state index in [-0.39, 0.29) is 18.6 Å². The predicted octanol–water partition coefficient (Wildman–Crippen LogP) is 4.44. The number of hydrogen-bond donors (Lipinski definition) is 1. The second-order valence-electron chi connectivity index (χ2n) is 6.66. The van der Waals surface area contributed by atoms with Gasteiger partial charge in [0.1, 0.15) is 4.88 Å². The maximum absolute atomic E-state index is 12.3. The zero-order valence-electron chi connectivity index (χ0n) is 15.1. The molecule has 1 aromatic heterocycles. The average molecular weight is 372 g/mol. The minimum absolute atomic E-state index is 0.0542. The third kappa shape index (κ3) is 4.73. The summed E-state index contributed by atoms with van der Waals surface area (Å²) in [6.45, 7) is 1.84. The quantitative estimate of drug-likeness (QED) is 0.732. The van der Waals surface area contributed by atoms with E-state index in [0.717, 1.165) is 31.2 Å². The van der Waals surface area contributed by atoms with Crippen LogP contribution in [0.5, 0.6) is 0 Å². The van der Waals surface area contributed by atoms with Crippen molar-refractivity contribution in [1.29, 1.82) is 0 Å². The molecule has 0 saturated heterocycles. The average Bonchev–Trinajstić information content (AvgIpc) is 3.11. The number of aryl methyl sites for hydroxylation is 2. The third-order valence-electron chi connectivity index (χ3n) is 4.65. The molecule has 4 nitrogen and oxygen atoms in total. The van der Waals surface area contributed by atoms with Gasteiger partial charge in [-0.05, 0) is 49.3 Å². The lowest BCUT2D eigenvalue weighted by atomic mass is 9.99. The first-order valence-electron chi connectivity index (χ1n) is 9.30. The van der Waals surface area contributed by atoms with Gasteiger partial charge in [0.15, 0.2) is 6.61 Å². The van der Waals surface area contributed by atoms with E-state index in [4.69, 9.17) is 4.74 Å². The monoisotopic (exact) mass is 371 g/mol. The van der Waals surface area contributed by atoms with Crippen LogP contribution in [0.3, 0.4) is 0 Å². The Morgan fingerprint density at radius 2 is 1.96 bits per heavy atom. The Kier molecular flexibility index (Phi) is 6.45. The number of nitrogens with one attached hydrogen (secondary N) is 1. The van der Waals surface area contributed by atoms with Crippen molar-refractivity contribution in [2.45, 2.75) is 51.5 Å². The Morgan fingerprint density at radius 1 is 1.19 bits per heavy atom. The molecule has 2 aromatic rings. The van der Waals surface area contributed by atoms with E-state index in [1.165, 1.54) is 34.6 Å². The van der Waals surface area contributed by atoms with Crippen LogP contribution in [0.25, 0.3) is 0 Å². The molecule has 1 amide bonds.